The van der Waals surface area contributed by atoms with E-state index in [2.05, 4.69) is 25.3 Å². The molecule has 0 saturated carbocycles. The maximum atomic E-state index is 5.25. The molecule has 0 N–H and O–H groups in total. The third-order valence-electron chi connectivity index (χ3n) is 1.09. The summed E-state index contributed by atoms with van der Waals surface area (Å²) in [5.74, 6) is 0. The lowest BCUT2D eigenvalue weighted by molar-refractivity contribution is 0.0510. The zero-order valence-corrected chi connectivity index (χ0v) is 9.48. The van der Waals surface area contributed by atoms with Crippen molar-refractivity contribution in [3.05, 3.63) is 0 Å². The molecule has 2 unspecified atom stereocenters. The average molecular weight is 210 g/mol. The van der Waals surface area contributed by atoms with E-state index < -0.39 is 0 Å². The zero-order valence-electron chi connectivity index (χ0n) is 7.69. The van der Waals surface area contributed by atoms with Gasteiger partial charge in [-0.05, 0) is 0 Å². The van der Waals surface area contributed by atoms with Gasteiger partial charge in [-0.1, -0.05) is 13.8 Å². The molecule has 0 heterocycles. The summed E-state index contributed by atoms with van der Waals surface area (Å²) in [6.07, 6.45) is 0. The number of hydrogen-bond donors (Lipinski definition) is 2. The molecule has 0 fully saturated rings. The Hall–Kier alpha value is 0.620. The standard InChI is InChI=1S/C8H18O2S2/c1-7(11)5-9-3-4-10-6-8(2)12/h7-8,11-12H,3-6H2,1-2H3. The van der Waals surface area contributed by atoms with Crippen molar-refractivity contribution in [2.75, 3.05) is 26.4 Å². The van der Waals surface area contributed by atoms with Gasteiger partial charge in [0.1, 0.15) is 0 Å². The van der Waals surface area contributed by atoms with Crippen LogP contribution >= 0.6 is 25.3 Å². The highest BCUT2D eigenvalue weighted by atomic mass is 32.1. The van der Waals surface area contributed by atoms with Crippen LogP contribution in [0.15, 0.2) is 0 Å². The normalized spacial score (nSPS) is 16.0. The highest BCUT2D eigenvalue weighted by Gasteiger charge is 1.96. The number of hydrogen-bond acceptors (Lipinski definition) is 4. The Morgan fingerprint density at radius 2 is 1.25 bits per heavy atom. The van der Waals surface area contributed by atoms with Gasteiger partial charge in [0, 0.05) is 10.5 Å². The molecule has 0 aliphatic heterocycles. The minimum atomic E-state index is 0.300. The van der Waals surface area contributed by atoms with Crippen LogP contribution in [0.4, 0.5) is 0 Å². The van der Waals surface area contributed by atoms with Gasteiger partial charge >= 0.3 is 0 Å². The van der Waals surface area contributed by atoms with Crippen LogP contribution in [-0.2, 0) is 9.47 Å². The first-order chi connectivity index (χ1) is 5.63. The number of thiol groups is 2. The smallest absolute Gasteiger partial charge is 0.0701 e. The van der Waals surface area contributed by atoms with Gasteiger partial charge in [0.25, 0.3) is 0 Å². The van der Waals surface area contributed by atoms with Crippen molar-refractivity contribution in [3.8, 4) is 0 Å². The maximum Gasteiger partial charge on any atom is 0.0701 e. The summed E-state index contributed by atoms with van der Waals surface area (Å²) in [6, 6.07) is 0. The fourth-order valence-corrected chi connectivity index (χ4v) is 0.836. The lowest BCUT2D eigenvalue weighted by Crippen LogP contribution is -2.12. The van der Waals surface area contributed by atoms with Gasteiger partial charge in [-0.15, -0.1) is 0 Å². The Bertz CT molecular complexity index is 85.1. The van der Waals surface area contributed by atoms with Crippen molar-refractivity contribution in [2.24, 2.45) is 0 Å². The van der Waals surface area contributed by atoms with Crippen LogP contribution in [0.5, 0.6) is 0 Å². The Balaban J connectivity index is 2.91. The monoisotopic (exact) mass is 210 g/mol. The quantitative estimate of drug-likeness (QED) is 0.492. The van der Waals surface area contributed by atoms with Crippen molar-refractivity contribution in [3.63, 3.8) is 0 Å². The van der Waals surface area contributed by atoms with Gasteiger partial charge in [0.05, 0.1) is 26.4 Å². The lowest BCUT2D eigenvalue weighted by Gasteiger charge is -2.08. The van der Waals surface area contributed by atoms with Gasteiger partial charge in [-0.3, -0.25) is 0 Å². The molecule has 0 amide bonds. The maximum absolute atomic E-state index is 5.25. The summed E-state index contributed by atoms with van der Waals surface area (Å²) in [5, 5.41) is 0.600. The first kappa shape index (κ1) is 12.6. The number of ether oxygens (including phenoxy) is 2. The van der Waals surface area contributed by atoms with Gasteiger partial charge < -0.3 is 9.47 Å². The van der Waals surface area contributed by atoms with Crippen molar-refractivity contribution < 1.29 is 9.47 Å². The third-order valence-corrected chi connectivity index (χ3v) is 1.39. The Labute approximate surface area is 85.8 Å². The summed E-state index contributed by atoms with van der Waals surface area (Å²) < 4.78 is 10.5. The summed E-state index contributed by atoms with van der Waals surface area (Å²) in [5.41, 5.74) is 0. The van der Waals surface area contributed by atoms with Gasteiger partial charge in [-0.25, -0.2) is 0 Å². The van der Waals surface area contributed by atoms with Crippen LogP contribution in [-0.4, -0.2) is 36.9 Å². The predicted molar refractivity (Wildman–Crippen MR) is 58.5 cm³/mol. The van der Waals surface area contributed by atoms with Gasteiger partial charge in [0.2, 0.25) is 0 Å². The Kier molecular flexibility index (Phi) is 8.65. The molecule has 4 heteroatoms. The molecule has 0 rings (SSSR count). The van der Waals surface area contributed by atoms with Crippen LogP contribution in [0.1, 0.15) is 13.8 Å². The molecule has 12 heavy (non-hydrogen) atoms. The minimum Gasteiger partial charge on any atom is -0.378 e. The summed E-state index contributed by atoms with van der Waals surface area (Å²) >= 11 is 8.36. The van der Waals surface area contributed by atoms with Crippen molar-refractivity contribution in [1.82, 2.24) is 0 Å². The molecule has 0 aromatic carbocycles. The van der Waals surface area contributed by atoms with E-state index in [9.17, 15) is 0 Å². The summed E-state index contributed by atoms with van der Waals surface area (Å²) in [7, 11) is 0. The molecule has 0 saturated heterocycles. The number of rotatable bonds is 7. The molecule has 0 spiro atoms. The summed E-state index contributed by atoms with van der Waals surface area (Å²) in [4.78, 5) is 0. The van der Waals surface area contributed by atoms with Crippen LogP contribution in [0.3, 0.4) is 0 Å². The molecule has 0 aliphatic carbocycles. The second-order valence-electron chi connectivity index (χ2n) is 2.85. The van der Waals surface area contributed by atoms with E-state index in [1.165, 1.54) is 0 Å². The lowest BCUT2D eigenvalue weighted by atomic mass is 10.5. The van der Waals surface area contributed by atoms with E-state index in [1.54, 1.807) is 0 Å². The highest BCUT2D eigenvalue weighted by Crippen LogP contribution is 1.94. The fraction of sp³-hybridized carbons (Fsp3) is 1.00. The van der Waals surface area contributed by atoms with Crippen molar-refractivity contribution in [2.45, 2.75) is 24.3 Å². The topological polar surface area (TPSA) is 18.5 Å². The first-order valence-corrected chi connectivity index (χ1v) is 5.18. The average Bonchev–Trinajstić information content (AvgIpc) is 1.95. The Morgan fingerprint density at radius 3 is 1.50 bits per heavy atom. The zero-order chi connectivity index (χ0) is 9.40. The van der Waals surface area contributed by atoms with Gasteiger partial charge in [0.15, 0.2) is 0 Å². The summed E-state index contributed by atoms with van der Waals surface area (Å²) in [6.45, 7) is 6.65. The molecule has 0 aromatic rings. The van der Waals surface area contributed by atoms with E-state index in [0.29, 0.717) is 36.9 Å². The van der Waals surface area contributed by atoms with Crippen molar-refractivity contribution in [1.29, 1.82) is 0 Å². The van der Waals surface area contributed by atoms with Crippen molar-refractivity contribution >= 4 is 25.3 Å². The van der Waals surface area contributed by atoms with E-state index in [0.717, 1.165) is 0 Å². The minimum absolute atomic E-state index is 0.300. The molecule has 74 valence electrons. The molecule has 0 aliphatic rings. The molecule has 0 bridgehead atoms. The van der Waals surface area contributed by atoms with E-state index in [-0.39, 0.29) is 0 Å². The molecule has 0 aromatic heterocycles. The van der Waals surface area contributed by atoms with E-state index in [4.69, 9.17) is 9.47 Å². The van der Waals surface area contributed by atoms with Crippen LogP contribution in [0.2, 0.25) is 0 Å². The molecule has 2 atom stereocenters. The molecular weight excluding hydrogens is 192 g/mol. The molecular formula is C8H18O2S2. The largest absolute Gasteiger partial charge is 0.378 e. The first-order valence-electron chi connectivity index (χ1n) is 4.14. The van der Waals surface area contributed by atoms with E-state index in [1.807, 2.05) is 13.8 Å². The second-order valence-corrected chi connectivity index (χ2v) is 4.61. The Morgan fingerprint density at radius 1 is 0.917 bits per heavy atom. The van der Waals surface area contributed by atoms with Crippen LogP contribution in [0.25, 0.3) is 0 Å². The molecule has 2 nitrogen and oxygen atoms in total. The third kappa shape index (κ3) is 10.6. The van der Waals surface area contributed by atoms with E-state index >= 15 is 0 Å². The second kappa shape index (κ2) is 8.23. The SMILES string of the molecule is CC(S)COCCOCC(C)S. The molecule has 0 radical (unpaired) electrons. The fourth-order valence-electron chi connectivity index (χ4n) is 0.626. The van der Waals surface area contributed by atoms with Crippen LogP contribution in [0, 0.1) is 0 Å². The van der Waals surface area contributed by atoms with Gasteiger partial charge in [-0.2, -0.15) is 25.3 Å². The highest BCUT2D eigenvalue weighted by molar-refractivity contribution is 7.81. The predicted octanol–water partition coefficient (Wildman–Crippen LogP) is 1.66. The van der Waals surface area contributed by atoms with Crippen LogP contribution < -0.4 is 0 Å².